The van der Waals surface area contributed by atoms with E-state index in [9.17, 15) is 0 Å². The van der Waals surface area contributed by atoms with Gasteiger partial charge in [0.2, 0.25) is 0 Å². The van der Waals surface area contributed by atoms with E-state index < -0.39 is 0 Å². The van der Waals surface area contributed by atoms with Crippen LogP contribution in [0.5, 0.6) is 0 Å². The van der Waals surface area contributed by atoms with Gasteiger partial charge in [-0.15, -0.1) is 55.9 Å². The summed E-state index contributed by atoms with van der Waals surface area (Å²) in [7, 11) is 8.08. The average molecular weight is 433 g/mol. The molecule has 0 bridgehead atoms. The summed E-state index contributed by atoms with van der Waals surface area (Å²) in [5, 5.41) is 0. The van der Waals surface area contributed by atoms with Crippen molar-refractivity contribution in [2.45, 2.75) is 19.3 Å². The summed E-state index contributed by atoms with van der Waals surface area (Å²) in [4.78, 5) is 4.07. The maximum atomic E-state index is 2.37. The van der Waals surface area contributed by atoms with Crippen LogP contribution in [0, 0.1) is 25.4 Å². The van der Waals surface area contributed by atoms with E-state index in [1.807, 2.05) is 74.4 Å². The Bertz CT molecular complexity index is 690. The minimum Gasteiger partial charge on any atom is -0.339 e. The summed E-state index contributed by atoms with van der Waals surface area (Å²) in [6.45, 7) is 4.17. The molecule has 0 amide bonds. The SMILES string of the molecule is C1=CCC2CC[CH-]C2=C1.CN(C)[CH-]c1ccccc1.CN(C)[CH-]c1ccccc1.[Sc+3]. The van der Waals surface area contributed by atoms with Gasteiger partial charge in [-0.25, -0.2) is 18.1 Å². The molecule has 3 heteroatoms. The second-order valence-corrected chi connectivity index (χ2v) is 7.82. The average Bonchev–Trinajstić information content (AvgIpc) is 3.18. The number of nitrogens with zero attached hydrogens (tertiary/aromatic N) is 2. The third-order valence-electron chi connectivity index (χ3n) is 4.63. The Morgan fingerprint density at radius 1 is 0.800 bits per heavy atom. The van der Waals surface area contributed by atoms with Crippen LogP contribution in [-0.4, -0.2) is 38.0 Å². The van der Waals surface area contributed by atoms with Gasteiger partial charge in [-0.05, 0) is 40.5 Å². The Kier molecular flexibility index (Phi) is 13.3. The number of hydrogen-bond acceptors (Lipinski definition) is 2. The van der Waals surface area contributed by atoms with Gasteiger partial charge in [-0.3, -0.25) is 0 Å². The summed E-state index contributed by atoms with van der Waals surface area (Å²) in [5.74, 6) is 0.884. The maximum Gasteiger partial charge on any atom is 3.00 e. The number of rotatable bonds is 4. The summed E-state index contributed by atoms with van der Waals surface area (Å²) in [6.07, 6.45) is 13.0. The molecule has 1 atom stereocenters. The predicted molar refractivity (Wildman–Crippen MR) is 126 cm³/mol. The molecule has 0 aliphatic heterocycles. The van der Waals surface area contributed by atoms with Crippen LogP contribution in [0.2, 0.25) is 0 Å². The van der Waals surface area contributed by atoms with Crippen molar-refractivity contribution in [3.63, 3.8) is 0 Å². The van der Waals surface area contributed by atoms with Gasteiger partial charge < -0.3 is 9.80 Å². The monoisotopic (exact) mass is 432 g/mol. The Labute approximate surface area is 203 Å². The molecule has 0 radical (unpaired) electrons. The molecule has 2 aliphatic rings. The molecule has 1 fully saturated rings. The van der Waals surface area contributed by atoms with Crippen LogP contribution >= 0.6 is 0 Å². The van der Waals surface area contributed by atoms with Crippen molar-refractivity contribution in [2.24, 2.45) is 5.92 Å². The van der Waals surface area contributed by atoms with Crippen molar-refractivity contribution in [3.05, 3.63) is 115 Å². The van der Waals surface area contributed by atoms with Gasteiger partial charge >= 0.3 is 25.8 Å². The quantitative estimate of drug-likeness (QED) is 0.547. The fraction of sp³-hybridized carbons (Fsp3) is 0.296. The Morgan fingerprint density at radius 3 is 1.73 bits per heavy atom. The first kappa shape index (κ1) is 26.4. The zero-order valence-electron chi connectivity index (χ0n) is 18.9. The smallest absolute Gasteiger partial charge is 0.339 e. The molecule has 0 saturated heterocycles. The van der Waals surface area contributed by atoms with Gasteiger partial charge in [0.15, 0.2) is 0 Å². The topological polar surface area (TPSA) is 6.48 Å². The third-order valence-corrected chi connectivity index (χ3v) is 4.63. The van der Waals surface area contributed by atoms with E-state index in [-0.39, 0.29) is 25.8 Å². The van der Waals surface area contributed by atoms with Crippen molar-refractivity contribution >= 4 is 0 Å². The number of fused-ring (bicyclic) bond motifs is 1. The first-order valence-corrected chi connectivity index (χ1v) is 10.4. The molecule has 2 aromatic rings. The molecule has 156 valence electrons. The minimum absolute atomic E-state index is 0. The van der Waals surface area contributed by atoms with Crippen LogP contribution in [0.3, 0.4) is 0 Å². The molecular formula is C27H35N2Sc. The van der Waals surface area contributed by atoms with Crippen molar-refractivity contribution < 1.29 is 25.8 Å². The maximum absolute atomic E-state index is 2.37. The van der Waals surface area contributed by atoms with Crippen LogP contribution in [0.4, 0.5) is 0 Å². The molecule has 2 aliphatic carbocycles. The van der Waals surface area contributed by atoms with Crippen molar-refractivity contribution in [3.8, 4) is 0 Å². The second-order valence-electron chi connectivity index (χ2n) is 7.82. The van der Waals surface area contributed by atoms with E-state index in [2.05, 4.69) is 62.0 Å². The van der Waals surface area contributed by atoms with Crippen LogP contribution in [0.15, 0.2) is 84.5 Å². The minimum atomic E-state index is 0. The van der Waals surface area contributed by atoms with Gasteiger partial charge in [0, 0.05) is 0 Å². The third kappa shape index (κ3) is 10.9. The van der Waals surface area contributed by atoms with E-state index >= 15 is 0 Å². The molecule has 0 spiro atoms. The van der Waals surface area contributed by atoms with E-state index in [1.54, 1.807) is 5.57 Å². The van der Waals surface area contributed by atoms with Crippen molar-refractivity contribution in [1.29, 1.82) is 0 Å². The number of hydrogen-bond donors (Lipinski definition) is 0. The number of benzene rings is 2. The zero-order valence-corrected chi connectivity index (χ0v) is 20.7. The first-order valence-electron chi connectivity index (χ1n) is 10.4. The van der Waals surface area contributed by atoms with Gasteiger partial charge in [-0.2, -0.15) is 35.4 Å². The summed E-state index contributed by atoms with van der Waals surface area (Å²) >= 11 is 0. The van der Waals surface area contributed by atoms with Gasteiger partial charge in [0.1, 0.15) is 0 Å². The Hall–Kier alpha value is -1.68. The predicted octanol–water partition coefficient (Wildman–Crippen LogP) is 6.00. The van der Waals surface area contributed by atoms with Gasteiger partial charge in [0.05, 0.1) is 0 Å². The number of allylic oxidation sites excluding steroid dienone is 4. The van der Waals surface area contributed by atoms with Crippen LogP contribution in [0.25, 0.3) is 0 Å². The van der Waals surface area contributed by atoms with E-state index in [4.69, 9.17) is 0 Å². The Balaban J connectivity index is 0.000000221. The van der Waals surface area contributed by atoms with Gasteiger partial charge in [0.25, 0.3) is 0 Å². The second kappa shape index (κ2) is 15.2. The van der Waals surface area contributed by atoms with Gasteiger partial charge in [-0.1, -0.05) is 18.6 Å². The fourth-order valence-electron chi connectivity index (χ4n) is 3.34. The molecule has 1 saturated carbocycles. The normalized spacial score (nSPS) is 15.9. The molecule has 4 rings (SSSR count). The molecule has 30 heavy (non-hydrogen) atoms. The fourth-order valence-corrected chi connectivity index (χ4v) is 3.34. The molecule has 1 unspecified atom stereocenters. The zero-order chi connectivity index (χ0) is 20.9. The van der Waals surface area contributed by atoms with Crippen molar-refractivity contribution in [2.75, 3.05) is 28.2 Å². The van der Waals surface area contributed by atoms with Crippen LogP contribution < -0.4 is 0 Å². The first-order chi connectivity index (χ1) is 14.0. The van der Waals surface area contributed by atoms with E-state index in [0.717, 1.165) is 5.92 Å². The summed E-state index contributed by atoms with van der Waals surface area (Å²) < 4.78 is 0. The van der Waals surface area contributed by atoms with E-state index in [0.29, 0.717) is 0 Å². The molecule has 2 nitrogen and oxygen atoms in total. The molecule has 0 heterocycles. The summed E-state index contributed by atoms with van der Waals surface area (Å²) in [6, 6.07) is 20.5. The largest absolute Gasteiger partial charge is 3.00 e. The molecule has 2 aromatic carbocycles. The Morgan fingerprint density at radius 2 is 1.30 bits per heavy atom. The summed E-state index contributed by atoms with van der Waals surface area (Å²) in [5.41, 5.74) is 4.07. The van der Waals surface area contributed by atoms with E-state index in [1.165, 1.54) is 30.4 Å². The van der Waals surface area contributed by atoms with Crippen molar-refractivity contribution in [1.82, 2.24) is 9.80 Å². The standard InChI is InChI=1S/2C9H12N.C9H11.Sc/c2*1-10(2)8-9-6-4-3-5-7-9;1-2-5-9-7-3-6-8(9)4-1;/h2*3-8H,1-2H3;1-2,4,6,9H,3,5,7H2;/q3*-1;+3. The molecular weight excluding hydrogens is 397 g/mol. The van der Waals surface area contributed by atoms with Crippen LogP contribution in [-0.2, 0) is 25.8 Å². The molecule has 0 aromatic heterocycles. The van der Waals surface area contributed by atoms with Crippen LogP contribution in [0.1, 0.15) is 30.4 Å². The molecule has 0 N–H and O–H groups in total.